The Morgan fingerprint density at radius 3 is 2.26 bits per heavy atom. The molecule has 3 aromatic carbocycles. The zero-order valence-corrected chi connectivity index (χ0v) is 22.8. The second kappa shape index (κ2) is 11.0. The summed E-state index contributed by atoms with van der Waals surface area (Å²) in [7, 11) is 1.91. The Bertz CT molecular complexity index is 1470. The van der Waals surface area contributed by atoms with E-state index in [1.165, 1.54) is 5.56 Å². The maximum atomic E-state index is 13.3. The number of rotatable bonds is 5. The number of nitrogens with zero attached hydrogens (tertiary/aromatic N) is 3. The average molecular weight is 547 g/mol. The Labute approximate surface area is 232 Å². The van der Waals surface area contributed by atoms with Crippen LogP contribution in [0.15, 0.2) is 73.1 Å². The molecule has 0 radical (unpaired) electrons. The molecule has 5 rings (SSSR count). The van der Waals surface area contributed by atoms with Crippen molar-refractivity contribution in [3.63, 3.8) is 0 Å². The largest absolute Gasteiger partial charge is 0.339 e. The maximum Gasteiger partial charge on any atom is 0.258 e. The summed E-state index contributed by atoms with van der Waals surface area (Å²) < 4.78 is 1.80. The van der Waals surface area contributed by atoms with E-state index in [1.807, 2.05) is 37.3 Å². The third-order valence-corrected chi connectivity index (χ3v) is 7.75. The van der Waals surface area contributed by atoms with Crippen molar-refractivity contribution in [3.8, 4) is 11.1 Å². The number of nitrogens with one attached hydrogen (secondary N) is 1. The molecular weight excluding hydrogens is 519 g/mol. The van der Waals surface area contributed by atoms with E-state index >= 15 is 0 Å². The first-order chi connectivity index (χ1) is 18.3. The number of likely N-dealkylation sites (tertiary alicyclic amines) is 1. The van der Waals surface area contributed by atoms with Crippen molar-refractivity contribution in [3.05, 3.63) is 105 Å². The zero-order valence-electron chi connectivity index (χ0n) is 21.2. The number of carbonyl (C=O) groups excluding carboxylic acids is 2. The summed E-state index contributed by atoms with van der Waals surface area (Å²) in [5.41, 5.74) is 5.69. The highest BCUT2D eigenvalue weighted by Crippen LogP contribution is 2.31. The quantitative estimate of drug-likeness (QED) is 0.293. The van der Waals surface area contributed by atoms with Gasteiger partial charge in [0.15, 0.2) is 0 Å². The SMILES string of the molecule is Cc1ccc(C(=O)N2CCC(c3ccc(-c4cnn(C)c4)cc3)CC2)cc1NC(=O)c1c(Cl)cccc1Cl. The lowest BCUT2D eigenvalue weighted by Gasteiger charge is -2.32. The predicted molar refractivity (Wildman–Crippen MR) is 152 cm³/mol. The summed E-state index contributed by atoms with van der Waals surface area (Å²) >= 11 is 12.4. The summed E-state index contributed by atoms with van der Waals surface area (Å²) in [5, 5.41) is 7.66. The summed E-state index contributed by atoms with van der Waals surface area (Å²) in [4.78, 5) is 28.1. The fourth-order valence-electron chi connectivity index (χ4n) is 4.91. The summed E-state index contributed by atoms with van der Waals surface area (Å²) in [6.45, 7) is 3.24. The Kier molecular flexibility index (Phi) is 7.54. The first-order valence-corrected chi connectivity index (χ1v) is 13.3. The molecule has 4 aromatic rings. The standard InChI is InChI=1S/C30H28Cl2N4O2/c1-19-6-7-23(16-27(19)34-29(37)28-25(31)4-3-5-26(28)32)30(38)36-14-12-22(13-15-36)20-8-10-21(11-9-20)24-17-33-35(2)18-24/h3-11,16-18,22H,12-15H2,1-2H3,(H,34,37). The van der Waals surface area contributed by atoms with Gasteiger partial charge in [-0.05, 0) is 66.6 Å². The molecule has 1 aromatic heterocycles. The van der Waals surface area contributed by atoms with Gasteiger partial charge in [-0.3, -0.25) is 14.3 Å². The lowest BCUT2D eigenvalue weighted by atomic mass is 9.88. The second-order valence-electron chi connectivity index (χ2n) is 9.67. The molecule has 0 unspecified atom stereocenters. The van der Waals surface area contributed by atoms with E-state index < -0.39 is 5.91 Å². The average Bonchev–Trinajstić information content (AvgIpc) is 3.36. The van der Waals surface area contributed by atoms with Crippen molar-refractivity contribution in [1.82, 2.24) is 14.7 Å². The van der Waals surface area contributed by atoms with Gasteiger partial charge in [-0.15, -0.1) is 0 Å². The fraction of sp³-hybridized carbons (Fsp3) is 0.233. The number of amides is 2. The van der Waals surface area contributed by atoms with E-state index in [1.54, 1.807) is 35.0 Å². The molecule has 0 aliphatic carbocycles. The number of anilines is 1. The molecule has 2 amide bonds. The number of aromatic nitrogens is 2. The monoisotopic (exact) mass is 546 g/mol. The Morgan fingerprint density at radius 1 is 0.947 bits per heavy atom. The molecule has 1 fully saturated rings. The fourth-order valence-corrected chi connectivity index (χ4v) is 5.47. The van der Waals surface area contributed by atoms with Gasteiger partial charge in [0.05, 0.1) is 21.8 Å². The van der Waals surface area contributed by atoms with Crippen LogP contribution in [0.3, 0.4) is 0 Å². The first kappa shape index (κ1) is 26.0. The minimum absolute atomic E-state index is 0.0401. The van der Waals surface area contributed by atoms with Gasteiger partial charge in [0, 0.05) is 43.1 Å². The van der Waals surface area contributed by atoms with Crippen LogP contribution in [0.4, 0.5) is 5.69 Å². The van der Waals surface area contributed by atoms with Crippen molar-refractivity contribution in [2.45, 2.75) is 25.7 Å². The van der Waals surface area contributed by atoms with Crippen molar-refractivity contribution in [2.75, 3.05) is 18.4 Å². The number of halogens is 2. The number of benzene rings is 3. The second-order valence-corrected chi connectivity index (χ2v) is 10.5. The van der Waals surface area contributed by atoms with Crippen LogP contribution in [0, 0.1) is 6.92 Å². The van der Waals surface area contributed by atoms with E-state index in [0.717, 1.165) is 29.5 Å². The van der Waals surface area contributed by atoms with Crippen LogP contribution < -0.4 is 5.32 Å². The zero-order chi connectivity index (χ0) is 26.8. The molecule has 8 heteroatoms. The van der Waals surface area contributed by atoms with Crippen LogP contribution in [0.5, 0.6) is 0 Å². The lowest BCUT2D eigenvalue weighted by Crippen LogP contribution is -2.38. The maximum absolute atomic E-state index is 13.3. The third kappa shape index (κ3) is 5.47. The summed E-state index contributed by atoms with van der Waals surface area (Å²) in [5.74, 6) is -0.0412. The highest BCUT2D eigenvalue weighted by molar-refractivity contribution is 6.40. The molecule has 194 valence electrons. The van der Waals surface area contributed by atoms with Crippen LogP contribution >= 0.6 is 23.2 Å². The lowest BCUT2D eigenvalue weighted by molar-refractivity contribution is 0.0712. The molecule has 1 aliphatic heterocycles. The van der Waals surface area contributed by atoms with Crippen LogP contribution in [0.2, 0.25) is 10.0 Å². The van der Waals surface area contributed by atoms with Gasteiger partial charge in [0.25, 0.3) is 11.8 Å². The summed E-state index contributed by atoms with van der Waals surface area (Å²) in [6.07, 6.45) is 5.68. The van der Waals surface area contributed by atoms with Gasteiger partial charge in [0.1, 0.15) is 0 Å². The van der Waals surface area contributed by atoms with E-state index in [0.29, 0.717) is 30.3 Å². The van der Waals surface area contributed by atoms with Crippen molar-refractivity contribution >= 4 is 40.7 Å². The van der Waals surface area contributed by atoms with E-state index in [4.69, 9.17) is 23.2 Å². The normalized spacial score (nSPS) is 13.9. The number of piperidine rings is 1. The van der Waals surface area contributed by atoms with Gasteiger partial charge in [-0.2, -0.15) is 5.10 Å². The van der Waals surface area contributed by atoms with Crippen LogP contribution in [0.1, 0.15) is 50.6 Å². The molecule has 1 aliphatic rings. The Balaban J connectivity index is 1.23. The Morgan fingerprint density at radius 2 is 1.63 bits per heavy atom. The van der Waals surface area contributed by atoms with E-state index in [9.17, 15) is 9.59 Å². The predicted octanol–water partition coefficient (Wildman–Crippen LogP) is 6.97. The van der Waals surface area contributed by atoms with Gasteiger partial charge in [-0.25, -0.2) is 0 Å². The molecule has 0 spiro atoms. The van der Waals surface area contributed by atoms with Gasteiger partial charge >= 0.3 is 0 Å². The molecule has 1 saturated heterocycles. The molecule has 1 N–H and O–H groups in total. The highest BCUT2D eigenvalue weighted by atomic mass is 35.5. The topological polar surface area (TPSA) is 67.2 Å². The molecular formula is C30H28Cl2N4O2. The first-order valence-electron chi connectivity index (χ1n) is 12.5. The van der Waals surface area contributed by atoms with Crippen molar-refractivity contribution in [2.24, 2.45) is 7.05 Å². The minimum atomic E-state index is -0.413. The molecule has 0 bridgehead atoms. The number of hydrogen-bond acceptors (Lipinski definition) is 3. The van der Waals surface area contributed by atoms with E-state index in [2.05, 4.69) is 34.7 Å². The number of carbonyl (C=O) groups is 2. The van der Waals surface area contributed by atoms with Crippen molar-refractivity contribution < 1.29 is 9.59 Å². The van der Waals surface area contributed by atoms with Crippen LogP contribution in [-0.4, -0.2) is 39.6 Å². The molecule has 38 heavy (non-hydrogen) atoms. The van der Waals surface area contributed by atoms with Crippen molar-refractivity contribution in [1.29, 1.82) is 0 Å². The molecule has 2 heterocycles. The molecule has 0 saturated carbocycles. The van der Waals surface area contributed by atoms with Gasteiger partial charge in [-0.1, -0.05) is 59.6 Å². The number of aryl methyl sites for hydroxylation is 2. The molecule has 0 atom stereocenters. The van der Waals surface area contributed by atoms with Gasteiger partial charge < -0.3 is 10.2 Å². The summed E-state index contributed by atoms with van der Waals surface area (Å²) in [6, 6.07) is 18.9. The Hall–Kier alpha value is -3.61. The minimum Gasteiger partial charge on any atom is -0.339 e. The van der Waals surface area contributed by atoms with E-state index in [-0.39, 0.29) is 21.5 Å². The molecule has 6 nitrogen and oxygen atoms in total. The third-order valence-electron chi connectivity index (χ3n) is 7.13. The van der Waals surface area contributed by atoms with Crippen LogP contribution in [-0.2, 0) is 7.05 Å². The highest BCUT2D eigenvalue weighted by Gasteiger charge is 2.25. The number of hydrogen-bond donors (Lipinski definition) is 1. The van der Waals surface area contributed by atoms with Crippen LogP contribution in [0.25, 0.3) is 11.1 Å². The smallest absolute Gasteiger partial charge is 0.258 e. The van der Waals surface area contributed by atoms with Gasteiger partial charge in [0.2, 0.25) is 0 Å².